The van der Waals surface area contributed by atoms with Gasteiger partial charge in [0.05, 0.1) is 22.5 Å². The highest BCUT2D eigenvalue weighted by Crippen LogP contribution is 2.42. The molecule has 5 nitrogen and oxygen atoms in total. The van der Waals surface area contributed by atoms with E-state index in [2.05, 4.69) is 25.1 Å². The van der Waals surface area contributed by atoms with Gasteiger partial charge in [-0.1, -0.05) is 0 Å². The van der Waals surface area contributed by atoms with Crippen molar-refractivity contribution >= 4 is 21.6 Å². The molecule has 136 valence electrons. The van der Waals surface area contributed by atoms with Gasteiger partial charge in [-0.2, -0.15) is 18.3 Å². The van der Waals surface area contributed by atoms with Gasteiger partial charge in [-0.3, -0.25) is 10.00 Å². The summed E-state index contributed by atoms with van der Waals surface area (Å²) in [4.78, 5) is 12.1. The van der Waals surface area contributed by atoms with Crippen LogP contribution in [0, 0.1) is 5.92 Å². The molecule has 9 heteroatoms. The summed E-state index contributed by atoms with van der Waals surface area (Å²) in [7, 11) is 0. The summed E-state index contributed by atoms with van der Waals surface area (Å²) in [6, 6.07) is 1.94. The minimum atomic E-state index is -4.46. The summed E-state index contributed by atoms with van der Waals surface area (Å²) >= 11 is 1.26. The first-order valence-corrected chi connectivity index (χ1v) is 9.42. The molecule has 6 heterocycles. The van der Waals surface area contributed by atoms with Crippen molar-refractivity contribution in [3.8, 4) is 10.4 Å². The van der Waals surface area contributed by atoms with Crippen LogP contribution in [0.2, 0.25) is 0 Å². The summed E-state index contributed by atoms with van der Waals surface area (Å²) in [6.07, 6.45) is 2.04. The maximum atomic E-state index is 13.1. The molecule has 6 rings (SSSR count). The maximum absolute atomic E-state index is 13.1. The van der Waals surface area contributed by atoms with E-state index in [9.17, 15) is 13.2 Å². The van der Waals surface area contributed by atoms with Crippen LogP contribution in [0.3, 0.4) is 0 Å². The van der Waals surface area contributed by atoms with Crippen molar-refractivity contribution in [2.24, 2.45) is 5.92 Å². The van der Waals surface area contributed by atoms with Gasteiger partial charge < -0.3 is 0 Å². The zero-order chi connectivity index (χ0) is 17.9. The van der Waals surface area contributed by atoms with Gasteiger partial charge in [-0.15, -0.1) is 11.3 Å². The molecule has 0 saturated carbocycles. The fourth-order valence-electron chi connectivity index (χ4n) is 4.07. The molecule has 3 saturated heterocycles. The van der Waals surface area contributed by atoms with Gasteiger partial charge >= 0.3 is 6.18 Å². The number of hydrogen-bond acceptors (Lipinski definition) is 5. The van der Waals surface area contributed by atoms with Crippen molar-refractivity contribution in [1.29, 1.82) is 0 Å². The fraction of sp³-hybridized carbons (Fsp3) is 0.471. The van der Waals surface area contributed by atoms with E-state index in [0.29, 0.717) is 10.4 Å². The zero-order valence-corrected chi connectivity index (χ0v) is 14.6. The Morgan fingerprint density at radius 1 is 1.19 bits per heavy atom. The molecule has 3 aliphatic heterocycles. The molecule has 0 aliphatic carbocycles. The fourth-order valence-corrected chi connectivity index (χ4v) is 5.06. The molecule has 0 amide bonds. The average Bonchev–Trinajstić information content (AvgIpc) is 3.28. The van der Waals surface area contributed by atoms with E-state index in [4.69, 9.17) is 0 Å². The number of fused-ring (bicyclic) bond motifs is 4. The predicted molar refractivity (Wildman–Crippen MR) is 91.7 cm³/mol. The number of piperidine rings is 3. The number of H-pyrrole nitrogens is 1. The SMILES string of the molecule is FC(F)(F)c1[nH]ncc1-c1cc2nc(C3CC4CCN3CC4)ncc2s1. The number of thiophene rings is 1. The van der Waals surface area contributed by atoms with Gasteiger partial charge in [0.15, 0.2) is 0 Å². The third-order valence-electron chi connectivity index (χ3n) is 5.42. The Kier molecular flexibility index (Phi) is 3.58. The van der Waals surface area contributed by atoms with E-state index < -0.39 is 11.9 Å². The molecule has 0 radical (unpaired) electrons. The summed E-state index contributed by atoms with van der Waals surface area (Å²) in [6.45, 7) is 2.16. The predicted octanol–water partition coefficient (Wildman–Crippen LogP) is 4.26. The minimum Gasteiger partial charge on any atom is -0.293 e. The Morgan fingerprint density at radius 3 is 2.69 bits per heavy atom. The lowest BCUT2D eigenvalue weighted by Crippen LogP contribution is -2.44. The molecule has 0 aromatic carbocycles. The average molecular weight is 379 g/mol. The first kappa shape index (κ1) is 16.2. The number of aromatic nitrogens is 4. The zero-order valence-electron chi connectivity index (χ0n) is 13.8. The number of rotatable bonds is 2. The largest absolute Gasteiger partial charge is 0.433 e. The lowest BCUT2D eigenvalue weighted by Gasteiger charge is -2.44. The molecule has 2 bridgehead atoms. The van der Waals surface area contributed by atoms with E-state index in [1.54, 1.807) is 12.3 Å². The van der Waals surface area contributed by atoms with Crippen LogP contribution in [0.4, 0.5) is 13.2 Å². The second kappa shape index (κ2) is 5.75. The molecule has 1 atom stereocenters. The van der Waals surface area contributed by atoms with Crippen LogP contribution in [-0.2, 0) is 6.18 Å². The monoisotopic (exact) mass is 379 g/mol. The van der Waals surface area contributed by atoms with Crippen molar-refractivity contribution in [2.45, 2.75) is 31.5 Å². The quantitative estimate of drug-likeness (QED) is 0.723. The molecule has 26 heavy (non-hydrogen) atoms. The van der Waals surface area contributed by atoms with E-state index in [1.165, 1.54) is 30.4 Å². The van der Waals surface area contributed by atoms with Crippen LogP contribution >= 0.6 is 11.3 Å². The van der Waals surface area contributed by atoms with Crippen LogP contribution in [0.25, 0.3) is 20.7 Å². The Morgan fingerprint density at radius 2 is 2.00 bits per heavy atom. The molecule has 3 fully saturated rings. The van der Waals surface area contributed by atoms with Gasteiger partial charge in [0, 0.05) is 16.6 Å². The Bertz CT molecular complexity index is 955. The first-order valence-electron chi connectivity index (χ1n) is 8.60. The number of hydrogen-bond donors (Lipinski definition) is 1. The number of nitrogens with one attached hydrogen (secondary N) is 1. The number of nitrogens with zero attached hydrogens (tertiary/aromatic N) is 4. The second-order valence-electron chi connectivity index (χ2n) is 6.98. The third-order valence-corrected chi connectivity index (χ3v) is 6.51. The third kappa shape index (κ3) is 2.61. The van der Waals surface area contributed by atoms with Gasteiger partial charge in [0.25, 0.3) is 0 Å². The maximum Gasteiger partial charge on any atom is 0.433 e. The molecule has 3 aliphatic rings. The molecule has 1 unspecified atom stereocenters. The molecular weight excluding hydrogens is 363 g/mol. The Labute approximate surface area is 151 Å². The van der Waals surface area contributed by atoms with Gasteiger partial charge in [0.2, 0.25) is 0 Å². The topological polar surface area (TPSA) is 57.7 Å². The number of alkyl halides is 3. The van der Waals surface area contributed by atoms with Crippen LogP contribution in [0.1, 0.15) is 36.8 Å². The van der Waals surface area contributed by atoms with Crippen molar-refractivity contribution in [3.05, 3.63) is 30.0 Å². The smallest absolute Gasteiger partial charge is 0.293 e. The summed E-state index contributed by atoms with van der Waals surface area (Å²) in [5, 5.41) is 5.63. The van der Waals surface area contributed by atoms with Crippen LogP contribution in [-0.4, -0.2) is 38.2 Å². The van der Waals surface area contributed by atoms with Gasteiger partial charge in [-0.05, 0) is 44.3 Å². The lowest BCUT2D eigenvalue weighted by atomic mass is 9.83. The first-order chi connectivity index (χ1) is 12.5. The van der Waals surface area contributed by atoms with Crippen molar-refractivity contribution in [1.82, 2.24) is 25.1 Å². The van der Waals surface area contributed by atoms with Crippen LogP contribution < -0.4 is 0 Å². The van der Waals surface area contributed by atoms with E-state index in [0.717, 1.165) is 36.0 Å². The normalized spacial score (nSPS) is 25.9. The van der Waals surface area contributed by atoms with Gasteiger partial charge in [0.1, 0.15) is 11.5 Å². The van der Waals surface area contributed by atoms with E-state index in [1.807, 2.05) is 0 Å². The molecule has 1 N–H and O–H groups in total. The molecular formula is C17H16F3N5S. The van der Waals surface area contributed by atoms with E-state index >= 15 is 0 Å². The Hall–Kier alpha value is -2.00. The lowest BCUT2D eigenvalue weighted by molar-refractivity contribution is -0.140. The highest BCUT2D eigenvalue weighted by molar-refractivity contribution is 7.22. The number of halogens is 3. The highest BCUT2D eigenvalue weighted by atomic mass is 32.1. The summed E-state index contributed by atoms with van der Waals surface area (Å²) < 4.78 is 40.1. The summed E-state index contributed by atoms with van der Waals surface area (Å²) in [5.41, 5.74) is -0.0672. The highest BCUT2D eigenvalue weighted by Gasteiger charge is 2.37. The van der Waals surface area contributed by atoms with Crippen LogP contribution in [0.15, 0.2) is 18.5 Å². The summed E-state index contributed by atoms with van der Waals surface area (Å²) in [5.74, 6) is 1.53. The standard InChI is InChI=1S/C17H16F3N5S/c18-17(19,20)15-10(7-22-24-15)13-6-11-14(26-13)8-21-16(23-11)12-5-9-1-3-25(12)4-2-9/h6-9,12H,1-5H2,(H,22,24). The van der Waals surface area contributed by atoms with Crippen molar-refractivity contribution in [3.63, 3.8) is 0 Å². The van der Waals surface area contributed by atoms with Crippen LogP contribution in [0.5, 0.6) is 0 Å². The van der Waals surface area contributed by atoms with Crippen molar-refractivity contribution in [2.75, 3.05) is 13.1 Å². The second-order valence-corrected chi connectivity index (χ2v) is 8.06. The Balaban J connectivity index is 1.52. The molecule has 3 aromatic heterocycles. The molecule has 0 spiro atoms. The van der Waals surface area contributed by atoms with Crippen molar-refractivity contribution < 1.29 is 13.2 Å². The van der Waals surface area contributed by atoms with Gasteiger partial charge in [-0.25, -0.2) is 9.97 Å². The molecule has 3 aromatic rings. The minimum absolute atomic E-state index is 0.0579. The van der Waals surface area contributed by atoms with E-state index in [-0.39, 0.29) is 11.6 Å². The number of aromatic amines is 1.